The minimum Gasteiger partial charge on any atom is -0.462 e. The van der Waals surface area contributed by atoms with E-state index in [2.05, 4.69) is 20.8 Å². The summed E-state index contributed by atoms with van der Waals surface area (Å²) < 4.78 is 32.8. The van der Waals surface area contributed by atoms with Gasteiger partial charge >= 0.3 is 19.8 Å². The van der Waals surface area contributed by atoms with E-state index in [1.54, 1.807) is 12.2 Å². The Balaban J connectivity index is 2.31. The monoisotopic (exact) mass is 927 g/mol. The van der Waals surface area contributed by atoms with E-state index >= 15 is 0 Å². The van der Waals surface area contributed by atoms with Crippen molar-refractivity contribution >= 4 is 25.5 Å². The van der Waals surface area contributed by atoms with E-state index in [4.69, 9.17) is 23.6 Å². The van der Waals surface area contributed by atoms with Gasteiger partial charge in [0.15, 0.2) is 11.9 Å². The fourth-order valence-corrected chi connectivity index (χ4v) is 8.46. The van der Waals surface area contributed by atoms with Crippen LogP contribution in [0.4, 0.5) is 0 Å². The van der Waals surface area contributed by atoms with Crippen LogP contribution in [-0.2, 0) is 37.5 Å². The van der Waals surface area contributed by atoms with Gasteiger partial charge in [0, 0.05) is 18.8 Å². The lowest BCUT2D eigenvalue weighted by molar-refractivity contribution is -0.161. The molecule has 372 valence electrons. The number of allylic oxidation sites excluding steroid dienone is 5. The zero-order valence-electron chi connectivity index (χ0n) is 40.3. The third-order valence-electron chi connectivity index (χ3n) is 12.1. The van der Waals surface area contributed by atoms with Crippen molar-refractivity contribution in [1.82, 2.24) is 0 Å². The average molecular weight is 927 g/mol. The number of rotatable bonds is 44. The molecule has 7 atom stereocenters. The van der Waals surface area contributed by atoms with E-state index in [1.165, 1.54) is 103 Å². The summed E-state index contributed by atoms with van der Waals surface area (Å²) in [6, 6.07) is 0. The number of hydrogen-bond acceptors (Lipinski definition) is 11. The van der Waals surface area contributed by atoms with Gasteiger partial charge in [0.05, 0.1) is 25.9 Å². The summed E-state index contributed by atoms with van der Waals surface area (Å²) in [5, 5.41) is 28.6. The Labute approximate surface area is 388 Å². The number of ether oxygens (including phenoxy) is 2. The fraction of sp³-hybridized carbons (Fsp3) is 0.824. The van der Waals surface area contributed by atoms with Gasteiger partial charge in [-0.1, -0.05) is 192 Å². The van der Waals surface area contributed by atoms with Crippen LogP contribution in [0, 0.1) is 17.8 Å². The molecule has 0 saturated heterocycles. The second-order valence-corrected chi connectivity index (χ2v) is 19.6. The number of carbonyl (C=O) groups excluding carboxylic acids is 3. The summed E-state index contributed by atoms with van der Waals surface area (Å²) in [5.41, 5.74) is 0. The summed E-state index contributed by atoms with van der Waals surface area (Å²) in [6.45, 7) is 4.47. The Morgan fingerprint density at radius 3 is 1.84 bits per heavy atom. The minimum atomic E-state index is -4.67. The SMILES string of the molecule is CCCCC[C@H](O)/C=C/[C@H]1C(=O)C=C[C@@H]1C/C=C\CCCC(=O)OC[C@H](COP(=O)(O)OC[C@@H](O)CO)OC(=O)CCCCCCCCCCCCCCCCCCCCC(C)CC. The molecule has 1 aliphatic rings. The number of ketones is 1. The van der Waals surface area contributed by atoms with Gasteiger partial charge in [-0.05, 0) is 50.0 Å². The first-order chi connectivity index (χ1) is 30.9. The first-order valence-electron chi connectivity index (χ1n) is 25.4. The summed E-state index contributed by atoms with van der Waals surface area (Å²) in [6.07, 6.45) is 38.8. The van der Waals surface area contributed by atoms with Crippen LogP contribution < -0.4 is 0 Å². The number of carbonyl (C=O) groups is 3. The van der Waals surface area contributed by atoms with Crippen molar-refractivity contribution in [2.75, 3.05) is 26.4 Å². The maximum Gasteiger partial charge on any atom is 0.472 e. The largest absolute Gasteiger partial charge is 0.472 e. The van der Waals surface area contributed by atoms with E-state index in [-0.39, 0.29) is 37.1 Å². The molecule has 0 aromatic heterocycles. The third-order valence-corrected chi connectivity index (χ3v) is 13.0. The van der Waals surface area contributed by atoms with Crippen LogP contribution in [-0.4, -0.2) is 82.7 Å². The van der Waals surface area contributed by atoms with Gasteiger partial charge in [0.1, 0.15) is 12.7 Å². The van der Waals surface area contributed by atoms with Gasteiger partial charge in [-0.2, -0.15) is 0 Å². The highest BCUT2D eigenvalue weighted by Crippen LogP contribution is 2.43. The number of esters is 2. The number of aliphatic hydroxyl groups excluding tert-OH is 3. The van der Waals surface area contributed by atoms with Crippen LogP contribution in [0.2, 0.25) is 0 Å². The van der Waals surface area contributed by atoms with Crippen molar-refractivity contribution in [1.29, 1.82) is 0 Å². The molecule has 13 heteroatoms. The molecule has 12 nitrogen and oxygen atoms in total. The molecule has 0 heterocycles. The van der Waals surface area contributed by atoms with Crippen LogP contribution in [0.1, 0.15) is 207 Å². The smallest absolute Gasteiger partial charge is 0.462 e. The average Bonchev–Trinajstić information content (AvgIpc) is 3.63. The maximum atomic E-state index is 12.7. The highest BCUT2D eigenvalue weighted by molar-refractivity contribution is 7.47. The first-order valence-corrected chi connectivity index (χ1v) is 26.9. The highest BCUT2D eigenvalue weighted by atomic mass is 31.2. The summed E-state index contributed by atoms with van der Waals surface area (Å²) in [4.78, 5) is 47.7. The summed E-state index contributed by atoms with van der Waals surface area (Å²) in [7, 11) is -4.67. The lowest BCUT2D eigenvalue weighted by Crippen LogP contribution is -2.29. The zero-order chi connectivity index (χ0) is 47.1. The molecule has 1 rings (SSSR count). The molecule has 2 unspecified atom stereocenters. The zero-order valence-corrected chi connectivity index (χ0v) is 41.2. The number of unbranched alkanes of at least 4 members (excludes halogenated alkanes) is 20. The first kappa shape index (κ1) is 59.8. The van der Waals surface area contributed by atoms with E-state index in [0.29, 0.717) is 32.1 Å². The number of phosphoric acid groups is 1. The predicted octanol–water partition coefficient (Wildman–Crippen LogP) is 11.8. The summed E-state index contributed by atoms with van der Waals surface area (Å²) in [5.74, 6) is -0.436. The van der Waals surface area contributed by atoms with Gasteiger partial charge in [-0.15, -0.1) is 0 Å². The van der Waals surface area contributed by atoms with E-state index < -0.39 is 57.9 Å². The van der Waals surface area contributed by atoms with Crippen molar-refractivity contribution in [3.63, 3.8) is 0 Å². The molecule has 1 aliphatic carbocycles. The normalized spacial score (nSPS) is 18.1. The van der Waals surface area contributed by atoms with E-state index in [0.717, 1.165) is 44.4 Å². The Morgan fingerprint density at radius 2 is 1.27 bits per heavy atom. The molecule has 0 saturated carbocycles. The van der Waals surface area contributed by atoms with Crippen LogP contribution >= 0.6 is 7.82 Å². The van der Waals surface area contributed by atoms with Gasteiger partial charge in [0.25, 0.3) is 0 Å². The Kier molecular flexibility index (Phi) is 37.3. The molecule has 0 bridgehead atoms. The molecule has 4 N–H and O–H groups in total. The second kappa shape index (κ2) is 39.9. The Bertz CT molecular complexity index is 1320. The molecule has 0 fully saturated rings. The van der Waals surface area contributed by atoms with Crippen molar-refractivity contribution in [3.05, 3.63) is 36.5 Å². The molecule has 0 amide bonds. The lowest BCUT2D eigenvalue weighted by atomic mass is 9.90. The minimum absolute atomic E-state index is 0.0111. The quantitative estimate of drug-likeness (QED) is 0.0196. The van der Waals surface area contributed by atoms with Crippen molar-refractivity contribution in [2.45, 2.75) is 225 Å². The predicted molar refractivity (Wildman–Crippen MR) is 255 cm³/mol. The van der Waals surface area contributed by atoms with Gasteiger partial charge < -0.3 is 29.7 Å². The van der Waals surface area contributed by atoms with E-state index in [9.17, 15) is 34.1 Å². The molecule has 0 spiro atoms. The Hall–Kier alpha value is -2.18. The second-order valence-electron chi connectivity index (χ2n) is 18.1. The molecule has 0 radical (unpaired) electrons. The summed E-state index contributed by atoms with van der Waals surface area (Å²) >= 11 is 0. The molecule has 64 heavy (non-hydrogen) atoms. The molecule has 0 aromatic carbocycles. The lowest BCUT2D eigenvalue weighted by Gasteiger charge is -2.20. The van der Waals surface area contributed by atoms with Crippen LogP contribution in [0.15, 0.2) is 36.5 Å². The van der Waals surface area contributed by atoms with Gasteiger partial charge in [0.2, 0.25) is 0 Å². The fourth-order valence-electron chi connectivity index (χ4n) is 7.67. The third kappa shape index (κ3) is 34.2. The Morgan fingerprint density at radius 1 is 0.719 bits per heavy atom. The number of aliphatic hydroxyl groups is 3. The molecule has 0 aliphatic heterocycles. The van der Waals surface area contributed by atoms with Gasteiger partial charge in [-0.25, -0.2) is 4.57 Å². The molecular weight excluding hydrogens is 836 g/mol. The molecular formula is C51H91O12P. The van der Waals surface area contributed by atoms with Gasteiger partial charge in [-0.3, -0.25) is 23.4 Å². The van der Waals surface area contributed by atoms with Crippen molar-refractivity contribution in [3.8, 4) is 0 Å². The number of hydrogen-bond donors (Lipinski definition) is 4. The van der Waals surface area contributed by atoms with Crippen molar-refractivity contribution in [2.24, 2.45) is 17.8 Å². The standard InChI is InChI=1S/C51H91O12P/c1-4-6-25-32-45(53)36-37-48-44(35-38-49(48)55)31-27-23-24-28-33-50(56)60-41-47(42-62-64(58,59)61-40-46(54)39-52)63-51(57)34-29-22-20-18-16-14-12-10-8-7-9-11-13-15-17-19-21-26-30-43(3)5-2/h23,27,35-38,43-48,52-54H,4-22,24-26,28-34,39-42H2,1-3H3,(H,58,59)/b27-23-,37-36+/t43?,44-,45-,46-,47+,48+/m0/s1. The number of phosphoric ester groups is 1. The van der Waals surface area contributed by atoms with Crippen molar-refractivity contribution < 1.29 is 57.7 Å². The van der Waals surface area contributed by atoms with E-state index in [1.807, 2.05) is 24.3 Å². The topological polar surface area (TPSA) is 186 Å². The maximum absolute atomic E-state index is 12.7. The highest BCUT2D eigenvalue weighted by Gasteiger charge is 2.28. The van der Waals surface area contributed by atoms with Crippen LogP contribution in [0.3, 0.4) is 0 Å². The van der Waals surface area contributed by atoms with Crippen LogP contribution in [0.5, 0.6) is 0 Å². The van der Waals surface area contributed by atoms with Crippen LogP contribution in [0.25, 0.3) is 0 Å². The molecule has 0 aromatic rings.